The van der Waals surface area contributed by atoms with E-state index in [0.29, 0.717) is 12.1 Å². The van der Waals surface area contributed by atoms with Gasteiger partial charge < -0.3 is 9.64 Å². The fourth-order valence-corrected chi connectivity index (χ4v) is 2.70. The number of hydrogen-bond donors (Lipinski definition) is 0. The molecule has 2 rings (SSSR count). The molecule has 1 fully saturated rings. The standard InChI is InChI=1S/C17H21NO3/c1-3-11-18(15-9-4-5-10-15)17(20)21-16(19)14-8-6-7-13(2)12-14/h3,6-8,12,15H,1,4-5,9-11H2,2H3. The molecule has 112 valence electrons. The number of esters is 1. The average Bonchev–Trinajstić information content (AvgIpc) is 2.98. The number of rotatable bonds is 4. The van der Waals surface area contributed by atoms with Crippen molar-refractivity contribution in [2.24, 2.45) is 0 Å². The third-order valence-corrected chi connectivity index (χ3v) is 3.76. The van der Waals surface area contributed by atoms with Gasteiger partial charge in [0.25, 0.3) is 0 Å². The van der Waals surface area contributed by atoms with Crippen molar-refractivity contribution in [2.75, 3.05) is 6.54 Å². The van der Waals surface area contributed by atoms with E-state index in [1.54, 1.807) is 29.2 Å². The predicted molar refractivity (Wildman–Crippen MR) is 81.1 cm³/mol. The average molecular weight is 287 g/mol. The summed E-state index contributed by atoms with van der Waals surface area (Å²) in [6.07, 6.45) is 5.22. The summed E-state index contributed by atoms with van der Waals surface area (Å²) in [4.78, 5) is 25.9. The highest BCUT2D eigenvalue weighted by Crippen LogP contribution is 2.24. The highest BCUT2D eigenvalue weighted by atomic mass is 16.6. The zero-order valence-electron chi connectivity index (χ0n) is 12.4. The lowest BCUT2D eigenvalue weighted by molar-refractivity contribution is 0.0518. The summed E-state index contributed by atoms with van der Waals surface area (Å²) in [5.74, 6) is -0.601. The zero-order valence-corrected chi connectivity index (χ0v) is 12.4. The van der Waals surface area contributed by atoms with Crippen LogP contribution in [-0.4, -0.2) is 29.5 Å². The van der Waals surface area contributed by atoms with E-state index in [1.807, 2.05) is 13.0 Å². The molecule has 4 nitrogen and oxygen atoms in total. The third kappa shape index (κ3) is 3.94. The van der Waals surface area contributed by atoms with Crippen LogP contribution in [-0.2, 0) is 4.74 Å². The largest absolute Gasteiger partial charge is 0.418 e. The molecular formula is C17H21NO3. The Balaban J connectivity index is 2.03. The second-order valence-corrected chi connectivity index (χ2v) is 5.40. The van der Waals surface area contributed by atoms with Crippen LogP contribution in [0, 0.1) is 6.92 Å². The molecule has 1 aliphatic carbocycles. The number of benzene rings is 1. The molecule has 0 unspecified atom stereocenters. The number of carbonyl (C=O) groups is 2. The molecule has 0 bridgehead atoms. The number of nitrogens with zero attached hydrogens (tertiary/aromatic N) is 1. The Kier molecular flexibility index (Phi) is 5.14. The Labute approximate surface area is 125 Å². The Bertz CT molecular complexity index is 533. The van der Waals surface area contributed by atoms with Gasteiger partial charge in [0.05, 0.1) is 5.56 Å². The molecule has 0 atom stereocenters. The first-order valence-corrected chi connectivity index (χ1v) is 7.32. The van der Waals surface area contributed by atoms with Gasteiger partial charge in [-0.1, -0.05) is 36.6 Å². The monoisotopic (exact) mass is 287 g/mol. The van der Waals surface area contributed by atoms with E-state index in [-0.39, 0.29) is 6.04 Å². The minimum atomic E-state index is -0.601. The van der Waals surface area contributed by atoms with E-state index >= 15 is 0 Å². The molecule has 0 aromatic heterocycles. The summed E-state index contributed by atoms with van der Waals surface area (Å²) in [7, 11) is 0. The van der Waals surface area contributed by atoms with E-state index in [4.69, 9.17) is 4.74 Å². The molecule has 1 aromatic carbocycles. The number of hydrogen-bond acceptors (Lipinski definition) is 3. The Hall–Kier alpha value is -2.10. The Morgan fingerprint density at radius 3 is 2.71 bits per heavy atom. The molecule has 4 heteroatoms. The summed E-state index contributed by atoms with van der Waals surface area (Å²) in [6, 6.07) is 7.18. The van der Waals surface area contributed by atoms with Gasteiger partial charge in [-0.25, -0.2) is 9.59 Å². The van der Waals surface area contributed by atoms with Crippen LogP contribution in [0.2, 0.25) is 0 Å². The second kappa shape index (κ2) is 7.07. The van der Waals surface area contributed by atoms with Crippen molar-refractivity contribution in [3.05, 3.63) is 48.0 Å². The SMILES string of the molecule is C=CCN(C(=O)OC(=O)c1cccc(C)c1)C1CCCC1. The van der Waals surface area contributed by atoms with Crippen molar-refractivity contribution in [2.45, 2.75) is 38.6 Å². The maximum absolute atomic E-state index is 12.2. The topological polar surface area (TPSA) is 46.6 Å². The lowest BCUT2D eigenvalue weighted by Gasteiger charge is -2.26. The molecule has 0 aliphatic heterocycles. The Morgan fingerprint density at radius 2 is 2.10 bits per heavy atom. The van der Waals surface area contributed by atoms with Gasteiger partial charge in [0, 0.05) is 12.6 Å². The van der Waals surface area contributed by atoms with Gasteiger partial charge >= 0.3 is 12.1 Å². The fourth-order valence-electron chi connectivity index (χ4n) is 2.70. The number of carbonyl (C=O) groups excluding carboxylic acids is 2. The van der Waals surface area contributed by atoms with Gasteiger partial charge in [-0.2, -0.15) is 0 Å². The first-order valence-electron chi connectivity index (χ1n) is 7.32. The van der Waals surface area contributed by atoms with Crippen molar-refractivity contribution in [3.8, 4) is 0 Å². The van der Waals surface area contributed by atoms with E-state index in [1.165, 1.54) is 0 Å². The Morgan fingerprint density at radius 1 is 1.38 bits per heavy atom. The number of amides is 1. The van der Waals surface area contributed by atoms with Crippen LogP contribution in [0.25, 0.3) is 0 Å². The molecule has 1 aliphatic rings. The molecular weight excluding hydrogens is 266 g/mol. The zero-order chi connectivity index (χ0) is 15.2. The van der Waals surface area contributed by atoms with Gasteiger partial charge in [-0.15, -0.1) is 6.58 Å². The van der Waals surface area contributed by atoms with Crippen LogP contribution in [0.1, 0.15) is 41.6 Å². The minimum absolute atomic E-state index is 0.154. The van der Waals surface area contributed by atoms with Gasteiger partial charge in [-0.3, -0.25) is 0 Å². The van der Waals surface area contributed by atoms with Gasteiger partial charge in [-0.05, 0) is 31.9 Å². The quantitative estimate of drug-likeness (QED) is 0.482. The fraction of sp³-hybridized carbons (Fsp3) is 0.412. The van der Waals surface area contributed by atoms with Gasteiger partial charge in [0.15, 0.2) is 0 Å². The maximum Gasteiger partial charge on any atom is 0.418 e. The second-order valence-electron chi connectivity index (χ2n) is 5.40. The molecule has 1 amide bonds. The van der Waals surface area contributed by atoms with E-state index in [0.717, 1.165) is 31.2 Å². The van der Waals surface area contributed by atoms with Gasteiger partial charge in [0.1, 0.15) is 0 Å². The summed E-state index contributed by atoms with van der Waals surface area (Å²) < 4.78 is 5.02. The van der Waals surface area contributed by atoms with E-state index in [2.05, 4.69) is 6.58 Å². The van der Waals surface area contributed by atoms with E-state index in [9.17, 15) is 9.59 Å². The van der Waals surface area contributed by atoms with Crippen LogP contribution in [0.3, 0.4) is 0 Å². The molecule has 0 spiro atoms. The smallest absolute Gasteiger partial charge is 0.372 e. The lowest BCUT2D eigenvalue weighted by atomic mass is 10.1. The summed E-state index contributed by atoms with van der Waals surface area (Å²) in [5.41, 5.74) is 1.35. The summed E-state index contributed by atoms with van der Waals surface area (Å²) in [6.45, 7) is 5.97. The minimum Gasteiger partial charge on any atom is -0.372 e. The third-order valence-electron chi connectivity index (χ3n) is 3.76. The van der Waals surface area contributed by atoms with Crippen LogP contribution in [0.15, 0.2) is 36.9 Å². The molecule has 21 heavy (non-hydrogen) atoms. The molecule has 0 heterocycles. The molecule has 1 saturated carbocycles. The predicted octanol–water partition coefficient (Wildman–Crippen LogP) is 3.70. The van der Waals surface area contributed by atoms with E-state index < -0.39 is 12.1 Å². The first-order chi connectivity index (χ1) is 10.1. The first kappa shape index (κ1) is 15.3. The highest BCUT2D eigenvalue weighted by molar-refractivity contribution is 5.96. The highest BCUT2D eigenvalue weighted by Gasteiger charge is 2.28. The normalized spacial score (nSPS) is 14.7. The van der Waals surface area contributed by atoms with Gasteiger partial charge in [0.2, 0.25) is 0 Å². The van der Waals surface area contributed by atoms with Crippen LogP contribution in [0.4, 0.5) is 4.79 Å². The molecule has 1 aromatic rings. The van der Waals surface area contributed by atoms with Crippen molar-refractivity contribution in [3.63, 3.8) is 0 Å². The van der Waals surface area contributed by atoms with Crippen molar-refractivity contribution >= 4 is 12.1 Å². The number of ether oxygens (including phenoxy) is 1. The van der Waals surface area contributed by atoms with Crippen LogP contribution < -0.4 is 0 Å². The van der Waals surface area contributed by atoms with Crippen molar-refractivity contribution in [1.29, 1.82) is 0 Å². The van der Waals surface area contributed by atoms with Crippen LogP contribution in [0.5, 0.6) is 0 Å². The summed E-state index contributed by atoms with van der Waals surface area (Å²) in [5, 5.41) is 0. The maximum atomic E-state index is 12.2. The van der Waals surface area contributed by atoms with Crippen LogP contribution >= 0.6 is 0 Å². The van der Waals surface area contributed by atoms with Crippen molar-refractivity contribution in [1.82, 2.24) is 4.90 Å². The van der Waals surface area contributed by atoms with Crippen molar-refractivity contribution < 1.29 is 14.3 Å². The molecule has 0 N–H and O–H groups in total. The molecule has 0 radical (unpaired) electrons. The number of aryl methyl sites for hydroxylation is 1. The summed E-state index contributed by atoms with van der Waals surface area (Å²) >= 11 is 0. The molecule has 0 saturated heterocycles. The lowest BCUT2D eigenvalue weighted by Crippen LogP contribution is -2.40.